The van der Waals surface area contributed by atoms with Gasteiger partial charge in [0.1, 0.15) is 5.00 Å². The number of methoxy groups -OCH3 is 1. The minimum atomic E-state index is -0.0567. The molecule has 1 aromatic heterocycles. The lowest BCUT2D eigenvalue weighted by molar-refractivity contribution is 0.0944. The number of Topliss-reactive ketones (excluding diaryl/α,β-unsaturated/α-hetero) is 1. The van der Waals surface area contributed by atoms with Crippen LogP contribution in [0.4, 0.5) is 10.7 Å². The van der Waals surface area contributed by atoms with E-state index < -0.39 is 0 Å². The topological polar surface area (TPSA) is 58.8 Å². The largest absolute Gasteiger partial charge is 0.492 e. The van der Waals surface area contributed by atoms with E-state index in [1.807, 2.05) is 13.8 Å². The second-order valence-corrected chi connectivity index (χ2v) is 6.85. The van der Waals surface area contributed by atoms with Gasteiger partial charge in [0.05, 0.1) is 17.7 Å². The summed E-state index contributed by atoms with van der Waals surface area (Å²) >= 11 is 1.47. The van der Waals surface area contributed by atoms with Crippen molar-refractivity contribution in [3.8, 4) is 5.75 Å². The molecule has 2 N–H and O–H groups in total. The number of hydrogen-bond donors (Lipinski definition) is 1. The number of nitrogens with two attached hydrogens (primary N) is 1. The Morgan fingerprint density at radius 3 is 2.62 bits per heavy atom. The molecule has 0 aromatic carbocycles. The van der Waals surface area contributed by atoms with Gasteiger partial charge in [-0.3, -0.25) is 4.79 Å². The zero-order valence-electron chi connectivity index (χ0n) is 13.3. The molecule has 1 saturated heterocycles. The lowest BCUT2D eigenvalue weighted by atomic mass is 10.1. The van der Waals surface area contributed by atoms with Gasteiger partial charge in [-0.25, -0.2) is 0 Å². The van der Waals surface area contributed by atoms with E-state index in [2.05, 4.69) is 16.8 Å². The van der Waals surface area contributed by atoms with Gasteiger partial charge in [0.25, 0.3) is 0 Å². The zero-order valence-corrected chi connectivity index (χ0v) is 14.1. The lowest BCUT2D eigenvalue weighted by Crippen LogP contribution is -2.28. The van der Waals surface area contributed by atoms with Gasteiger partial charge >= 0.3 is 0 Å². The van der Waals surface area contributed by atoms with E-state index in [-0.39, 0.29) is 11.7 Å². The quantitative estimate of drug-likeness (QED) is 0.865. The number of ketones is 1. The number of anilines is 2. The number of hydrogen-bond acceptors (Lipinski definition) is 6. The second kappa shape index (κ2) is 6.66. The molecule has 1 aromatic rings. The Bertz CT molecular complexity index is 513. The van der Waals surface area contributed by atoms with Crippen LogP contribution in [0.2, 0.25) is 0 Å². The first-order valence-corrected chi connectivity index (χ1v) is 8.21. The van der Waals surface area contributed by atoms with E-state index in [4.69, 9.17) is 10.5 Å². The maximum absolute atomic E-state index is 12.3. The molecule has 118 valence electrons. The molecule has 0 aliphatic carbocycles. The highest BCUT2D eigenvalue weighted by molar-refractivity contribution is 7.19. The molecule has 0 radical (unpaired) electrons. The fourth-order valence-electron chi connectivity index (χ4n) is 2.52. The van der Waals surface area contributed by atoms with Crippen molar-refractivity contribution in [2.75, 3.05) is 51.0 Å². The van der Waals surface area contributed by atoms with Crippen molar-refractivity contribution < 1.29 is 9.53 Å². The predicted molar refractivity (Wildman–Crippen MR) is 88.8 cm³/mol. The number of carbonyl (C=O) groups is 1. The van der Waals surface area contributed by atoms with Crippen molar-refractivity contribution in [2.45, 2.75) is 20.3 Å². The van der Waals surface area contributed by atoms with Crippen molar-refractivity contribution >= 4 is 27.8 Å². The third-order valence-electron chi connectivity index (χ3n) is 3.84. The van der Waals surface area contributed by atoms with E-state index >= 15 is 0 Å². The average Bonchev–Trinajstić information content (AvgIpc) is 2.62. The van der Waals surface area contributed by atoms with Crippen LogP contribution in [0.15, 0.2) is 0 Å². The summed E-state index contributed by atoms with van der Waals surface area (Å²) in [5.74, 6) is 0.696. The molecule has 2 rings (SSSR count). The molecule has 0 unspecified atom stereocenters. The minimum absolute atomic E-state index is 0.0567. The normalized spacial score (nSPS) is 17.1. The number of nitrogen functional groups attached to an aromatic ring is 1. The molecule has 0 atom stereocenters. The van der Waals surface area contributed by atoms with Crippen LogP contribution in [0.25, 0.3) is 0 Å². The molecule has 21 heavy (non-hydrogen) atoms. The molecule has 2 heterocycles. The molecule has 0 saturated carbocycles. The Morgan fingerprint density at radius 1 is 1.29 bits per heavy atom. The molecule has 0 amide bonds. The van der Waals surface area contributed by atoms with Crippen LogP contribution >= 0.6 is 11.3 Å². The lowest BCUT2D eigenvalue weighted by Gasteiger charge is -2.22. The summed E-state index contributed by atoms with van der Waals surface area (Å²) in [6, 6.07) is 0. The molecule has 1 aliphatic heterocycles. The summed E-state index contributed by atoms with van der Waals surface area (Å²) in [6.07, 6.45) is 1.10. The minimum Gasteiger partial charge on any atom is -0.492 e. The summed E-state index contributed by atoms with van der Waals surface area (Å²) < 4.78 is 5.49. The van der Waals surface area contributed by atoms with Crippen molar-refractivity contribution in [1.29, 1.82) is 0 Å². The highest BCUT2D eigenvalue weighted by Crippen LogP contribution is 2.45. The molecule has 6 heteroatoms. The van der Waals surface area contributed by atoms with Crippen LogP contribution in [0.3, 0.4) is 0 Å². The van der Waals surface area contributed by atoms with Crippen molar-refractivity contribution in [3.05, 3.63) is 4.88 Å². The van der Waals surface area contributed by atoms with E-state index in [1.54, 1.807) is 7.11 Å². The van der Waals surface area contributed by atoms with Gasteiger partial charge in [-0.05, 0) is 20.0 Å². The molecule has 1 aliphatic rings. The van der Waals surface area contributed by atoms with Crippen LogP contribution in [0, 0.1) is 5.92 Å². The van der Waals surface area contributed by atoms with E-state index in [0.29, 0.717) is 16.3 Å². The van der Waals surface area contributed by atoms with Gasteiger partial charge in [-0.1, -0.05) is 13.8 Å². The van der Waals surface area contributed by atoms with Crippen LogP contribution in [-0.4, -0.2) is 51.0 Å². The predicted octanol–water partition coefficient (Wildman–Crippen LogP) is 2.32. The smallest absolute Gasteiger partial charge is 0.177 e. The first-order valence-electron chi connectivity index (χ1n) is 7.39. The fourth-order valence-corrected chi connectivity index (χ4v) is 3.85. The maximum Gasteiger partial charge on any atom is 0.177 e. The van der Waals surface area contributed by atoms with Crippen LogP contribution < -0.4 is 15.4 Å². The van der Waals surface area contributed by atoms with Gasteiger partial charge in [0, 0.05) is 25.6 Å². The summed E-state index contributed by atoms with van der Waals surface area (Å²) in [4.78, 5) is 17.5. The number of thiophene rings is 1. The highest BCUT2D eigenvalue weighted by atomic mass is 32.1. The van der Waals surface area contributed by atoms with E-state index in [9.17, 15) is 4.79 Å². The summed E-state index contributed by atoms with van der Waals surface area (Å²) in [5.41, 5.74) is 6.65. The Morgan fingerprint density at radius 2 is 2.00 bits per heavy atom. The SMILES string of the molecule is COc1c(N2CCCN(C)CC2)sc(C(=O)C(C)C)c1N. The van der Waals surface area contributed by atoms with E-state index in [1.165, 1.54) is 11.3 Å². The molecule has 0 bridgehead atoms. The second-order valence-electron chi connectivity index (χ2n) is 5.85. The first-order chi connectivity index (χ1) is 9.95. The van der Waals surface area contributed by atoms with Crippen LogP contribution in [0.1, 0.15) is 29.9 Å². The van der Waals surface area contributed by atoms with Crippen LogP contribution in [-0.2, 0) is 0 Å². The van der Waals surface area contributed by atoms with Gasteiger partial charge in [-0.15, -0.1) is 11.3 Å². The molecule has 5 nitrogen and oxygen atoms in total. The van der Waals surface area contributed by atoms with Gasteiger partial charge in [0.2, 0.25) is 0 Å². The van der Waals surface area contributed by atoms with Crippen molar-refractivity contribution in [2.24, 2.45) is 5.92 Å². The molecule has 0 spiro atoms. The Hall–Kier alpha value is -1.27. The maximum atomic E-state index is 12.3. The Labute approximate surface area is 130 Å². The summed E-state index contributed by atoms with van der Waals surface area (Å²) in [7, 11) is 3.76. The molecular formula is C15H25N3O2S. The standard InChI is InChI=1S/C15H25N3O2S/c1-10(2)12(19)14-11(16)13(20-4)15(21-14)18-7-5-6-17(3)8-9-18/h10H,5-9,16H2,1-4H3. The third kappa shape index (κ3) is 3.32. The van der Waals surface area contributed by atoms with Crippen molar-refractivity contribution in [3.63, 3.8) is 0 Å². The van der Waals surface area contributed by atoms with Gasteiger partial charge < -0.3 is 20.3 Å². The number of likely N-dealkylation sites (N-methyl/N-ethyl adjacent to an activating group) is 1. The zero-order chi connectivity index (χ0) is 15.6. The van der Waals surface area contributed by atoms with Crippen molar-refractivity contribution in [1.82, 2.24) is 4.90 Å². The molecule has 1 fully saturated rings. The third-order valence-corrected chi connectivity index (χ3v) is 5.10. The molecular weight excluding hydrogens is 286 g/mol. The number of carbonyl (C=O) groups excluding carboxylic acids is 1. The van der Waals surface area contributed by atoms with Gasteiger partial charge in [-0.2, -0.15) is 0 Å². The van der Waals surface area contributed by atoms with E-state index in [0.717, 1.165) is 37.6 Å². The fraction of sp³-hybridized carbons (Fsp3) is 0.667. The Kier molecular flexibility index (Phi) is 5.11. The highest BCUT2D eigenvalue weighted by Gasteiger charge is 2.27. The summed E-state index contributed by atoms with van der Waals surface area (Å²) in [6.45, 7) is 7.80. The number of ether oxygens (including phenoxy) is 1. The monoisotopic (exact) mass is 311 g/mol. The van der Waals surface area contributed by atoms with Crippen LogP contribution in [0.5, 0.6) is 5.75 Å². The average molecular weight is 311 g/mol. The summed E-state index contributed by atoms with van der Waals surface area (Å²) in [5, 5.41) is 0.995. The number of rotatable bonds is 4. The van der Waals surface area contributed by atoms with Gasteiger partial charge in [0.15, 0.2) is 11.5 Å². The number of nitrogens with zero attached hydrogens (tertiary/aromatic N) is 2. The first kappa shape index (κ1) is 16.1. The Balaban J connectivity index is 2.34.